The smallest absolute Gasteiger partial charge is 0.207 e. The lowest BCUT2D eigenvalue weighted by Crippen LogP contribution is -2.41. The molecule has 3 rings (SSSR count). The van der Waals surface area contributed by atoms with Gasteiger partial charge in [-0.05, 0) is 42.7 Å². The van der Waals surface area contributed by atoms with Crippen molar-refractivity contribution in [2.45, 2.75) is 25.4 Å². The van der Waals surface area contributed by atoms with Gasteiger partial charge in [-0.3, -0.25) is 0 Å². The van der Waals surface area contributed by atoms with Crippen LogP contribution in [0.15, 0.2) is 42.5 Å². The van der Waals surface area contributed by atoms with E-state index in [0.29, 0.717) is 11.6 Å². The summed E-state index contributed by atoms with van der Waals surface area (Å²) in [5.41, 5.74) is 1.07. The van der Waals surface area contributed by atoms with Crippen LogP contribution >= 0.6 is 23.2 Å². The Morgan fingerprint density at radius 1 is 1.19 bits per heavy atom. The molecule has 1 heterocycles. The molecule has 0 N–H and O–H groups in total. The molecular weight excluding hydrogens is 398 g/mol. The summed E-state index contributed by atoms with van der Waals surface area (Å²) >= 11 is 12.0. The van der Waals surface area contributed by atoms with Gasteiger partial charge in [0.05, 0.1) is 6.04 Å². The molecule has 8 heteroatoms. The van der Waals surface area contributed by atoms with Gasteiger partial charge in [0.15, 0.2) is 0 Å². The van der Waals surface area contributed by atoms with Crippen LogP contribution in [0.2, 0.25) is 10.0 Å². The van der Waals surface area contributed by atoms with Crippen LogP contribution in [-0.2, 0) is 16.8 Å². The van der Waals surface area contributed by atoms with Crippen molar-refractivity contribution in [3.05, 3.63) is 69.5 Å². The number of hydrogen-bond acceptors (Lipinski definition) is 2. The van der Waals surface area contributed by atoms with Crippen LogP contribution in [0.25, 0.3) is 0 Å². The third-order valence-corrected chi connectivity index (χ3v) is 7.14. The fraction of sp³-hybridized carbons (Fsp3) is 0.333. The van der Waals surface area contributed by atoms with Crippen molar-refractivity contribution in [2.24, 2.45) is 0 Å². The Morgan fingerprint density at radius 2 is 1.88 bits per heavy atom. The van der Waals surface area contributed by atoms with E-state index in [2.05, 4.69) is 0 Å². The van der Waals surface area contributed by atoms with Crippen LogP contribution in [0.4, 0.5) is 4.39 Å². The summed E-state index contributed by atoms with van der Waals surface area (Å²) in [6, 6.07) is 11.2. The van der Waals surface area contributed by atoms with Crippen molar-refractivity contribution in [1.29, 1.82) is 0 Å². The van der Waals surface area contributed by atoms with Gasteiger partial charge >= 0.3 is 0 Å². The minimum absolute atomic E-state index is 0.127. The summed E-state index contributed by atoms with van der Waals surface area (Å²) in [6.45, 7) is 0.294. The van der Waals surface area contributed by atoms with Gasteiger partial charge in [-0.15, -0.1) is 0 Å². The number of rotatable bonds is 5. The maximum atomic E-state index is 14.0. The third-order valence-electron chi connectivity index (χ3n) is 4.59. The Kier molecular flexibility index (Phi) is 5.89. The topological polar surface area (TPSA) is 40.6 Å². The average molecular weight is 417 g/mol. The van der Waals surface area contributed by atoms with E-state index in [4.69, 9.17) is 23.2 Å². The Labute approximate surface area is 163 Å². The minimum atomic E-state index is -3.77. The van der Waals surface area contributed by atoms with E-state index in [1.807, 2.05) is 12.1 Å². The van der Waals surface area contributed by atoms with Crippen molar-refractivity contribution in [2.75, 3.05) is 13.6 Å². The van der Waals surface area contributed by atoms with Crippen LogP contribution < -0.4 is 0 Å². The molecule has 0 aromatic heterocycles. The second-order valence-electron chi connectivity index (χ2n) is 6.28. The first kappa shape index (κ1) is 19.6. The molecule has 2 aromatic carbocycles. The molecule has 0 aliphatic carbocycles. The fourth-order valence-electron chi connectivity index (χ4n) is 3.20. The summed E-state index contributed by atoms with van der Waals surface area (Å²) in [5.74, 6) is -0.518. The number of benzene rings is 2. The van der Waals surface area contributed by atoms with E-state index in [9.17, 15) is 12.8 Å². The molecule has 1 unspecified atom stereocenters. The van der Waals surface area contributed by atoms with Crippen LogP contribution in [0.5, 0.6) is 0 Å². The summed E-state index contributed by atoms with van der Waals surface area (Å²) in [5, 5.41) is 0.815. The second kappa shape index (κ2) is 7.82. The molecule has 1 aliphatic rings. The van der Waals surface area contributed by atoms with Crippen molar-refractivity contribution in [3.8, 4) is 0 Å². The highest BCUT2D eigenvalue weighted by Crippen LogP contribution is 2.36. The lowest BCUT2D eigenvalue weighted by atomic mass is 10.1. The van der Waals surface area contributed by atoms with E-state index in [1.54, 1.807) is 18.2 Å². The highest BCUT2D eigenvalue weighted by Gasteiger charge is 2.37. The van der Waals surface area contributed by atoms with E-state index < -0.39 is 16.0 Å². The number of nitrogens with zero attached hydrogens (tertiary/aromatic N) is 2. The Hall–Kier alpha value is -1.18. The standard InChI is InChI=1S/C18H19Cl2FN2O2S/c1-22(12-15-16(20)4-2-5-17(15)21)26(24,25)23-11-3-6-18(23)13-7-9-14(19)10-8-13/h2,4-5,7-10,18H,3,6,11-12H2,1H3. The molecule has 1 fully saturated rings. The molecule has 26 heavy (non-hydrogen) atoms. The van der Waals surface area contributed by atoms with Crippen molar-refractivity contribution >= 4 is 33.4 Å². The van der Waals surface area contributed by atoms with E-state index in [-0.39, 0.29) is 23.2 Å². The van der Waals surface area contributed by atoms with Gasteiger partial charge in [0, 0.05) is 35.7 Å². The van der Waals surface area contributed by atoms with Gasteiger partial charge in [0.1, 0.15) is 5.82 Å². The summed E-state index contributed by atoms with van der Waals surface area (Å²) < 4.78 is 42.8. The van der Waals surface area contributed by atoms with E-state index in [0.717, 1.165) is 22.7 Å². The first-order chi connectivity index (χ1) is 12.3. The highest BCUT2D eigenvalue weighted by atomic mass is 35.5. The molecule has 1 atom stereocenters. The van der Waals surface area contributed by atoms with Gasteiger partial charge in [-0.25, -0.2) is 4.39 Å². The largest absolute Gasteiger partial charge is 0.282 e. The highest BCUT2D eigenvalue weighted by molar-refractivity contribution is 7.86. The molecule has 140 valence electrons. The van der Waals surface area contributed by atoms with Crippen molar-refractivity contribution in [1.82, 2.24) is 8.61 Å². The molecule has 0 radical (unpaired) electrons. The van der Waals surface area contributed by atoms with Crippen molar-refractivity contribution in [3.63, 3.8) is 0 Å². The lowest BCUT2D eigenvalue weighted by Gasteiger charge is -2.29. The van der Waals surface area contributed by atoms with Gasteiger partial charge < -0.3 is 0 Å². The Morgan fingerprint density at radius 3 is 2.54 bits per heavy atom. The maximum absolute atomic E-state index is 14.0. The lowest BCUT2D eigenvalue weighted by molar-refractivity contribution is 0.343. The fourth-order valence-corrected chi connectivity index (χ4v) is 5.11. The molecule has 1 saturated heterocycles. The van der Waals surface area contributed by atoms with Gasteiger partial charge in [-0.2, -0.15) is 17.0 Å². The van der Waals surface area contributed by atoms with Gasteiger partial charge in [-0.1, -0.05) is 41.4 Å². The zero-order valence-electron chi connectivity index (χ0n) is 14.2. The first-order valence-electron chi connectivity index (χ1n) is 8.22. The van der Waals surface area contributed by atoms with Crippen LogP contribution in [0, 0.1) is 5.82 Å². The molecule has 0 spiro atoms. The summed E-state index contributed by atoms with van der Waals surface area (Å²) in [4.78, 5) is 0. The van der Waals surface area contributed by atoms with E-state index >= 15 is 0 Å². The monoisotopic (exact) mass is 416 g/mol. The minimum Gasteiger partial charge on any atom is -0.207 e. The molecule has 0 bridgehead atoms. The summed E-state index contributed by atoms with van der Waals surface area (Å²) in [7, 11) is -2.33. The molecule has 2 aromatic rings. The Bertz CT molecular complexity index is 870. The molecular formula is C18H19Cl2FN2O2S. The Balaban J connectivity index is 1.85. The summed E-state index contributed by atoms with van der Waals surface area (Å²) in [6.07, 6.45) is 1.50. The average Bonchev–Trinajstić information content (AvgIpc) is 3.09. The third kappa shape index (κ3) is 3.89. The molecule has 1 aliphatic heterocycles. The second-order valence-corrected chi connectivity index (χ2v) is 9.12. The normalized spacial score (nSPS) is 18.6. The predicted octanol–water partition coefficient (Wildman–Crippen LogP) is 4.65. The van der Waals surface area contributed by atoms with E-state index in [1.165, 1.54) is 23.5 Å². The first-order valence-corrected chi connectivity index (χ1v) is 10.4. The van der Waals surface area contributed by atoms with Gasteiger partial charge in [0.25, 0.3) is 10.2 Å². The van der Waals surface area contributed by atoms with Gasteiger partial charge in [0.2, 0.25) is 0 Å². The number of halogens is 3. The van der Waals surface area contributed by atoms with Crippen LogP contribution in [-0.4, -0.2) is 30.6 Å². The zero-order chi connectivity index (χ0) is 18.9. The quantitative estimate of drug-likeness (QED) is 0.711. The molecule has 0 amide bonds. The van der Waals surface area contributed by atoms with Crippen molar-refractivity contribution < 1.29 is 12.8 Å². The predicted molar refractivity (Wildman–Crippen MR) is 102 cm³/mol. The zero-order valence-corrected chi connectivity index (χ0v) is 16.5. The van der Waals surface area contributed by atoms with Crippen LogP contribution in [0.1, 0.15) is 30.0 Å². The van der Waals surface area contributed by atoms with Crippen LogP contribution in [0.3, 0.4) is 0 Å². The molecule has 4 nitrogen and oxygen atoms in total. The number of hydrogen-bond donors (Lipinski definition) is 0. The maximum Gasteiger partial charge on any atom is 0.282 e. The SMILES string of the molecule is CN(Cc1c(F)cccc1Cl)S(=O)(=O)N1CCCC1c1ccc(Cl)cc1. The molecule has 0 saturated carbocycles.